The van der Waals surface area contributed by atoms with Crippen molar-refractivity contribution in [2.45, 2.75) is 59.3 Å². The van der Waals surface area contributed by atoms with E-state index in [1.165, 1.54) is 82.3 Å². The number of allylic oxidation sites excluding steroid dienone is 4. The van der Waals surface area contributed by atoms with E-state index in [1.54, 1.807) is 0 Å². The molecule has 0 spiro atoms. The van der Waals surface area contributed by atoms with Crippen LogP contribution in [0, 0.1) is 24.7 Å². The van der Waals surface area contributed by atoms with Crippen LogP contribution in [0.25, 0.3) is 33.4 Å². The van der Waals surface area contributed by atoms with Gasteiger partial charge in [-0.1, -0.05) is 179 Å². The normalized spacial score (nSPS) is 15.7. The Hall–Kier alpha value is -5.40. The van der Waals surface area contributed by atoms with E-state index in [-0.39, 0.29) is 0 Å². The molecule has 0 fully saturated rings. The van der Waals surface area contributed by atoms with Gasteiger partial charge in [-0.05, 0) is 118 Å². The first-order chi connectivity index (χ1) is 26.1. The van der Waals surface area contributed by atoms with Gasteiger partial charge in [0.2, 0.25) is 0 Å². The Morgan fingerprint density at radius 2 is 1.06 bits per heavy atom. The average Bonchev–Trinajstić information content (AvgIpc) is 3.21. The van der Waals surface area contributed by atoms with Gasteiger partial charge >= 0.3 is 0 Å². The van der Waals surface area contributed by atoms with Crippen molar-refractivity contribution in [2.24, 2.45) is 17.8 Å². The fourth-order valence-corrected chi connectivity index (χ4v) is 8.19. The molecular weight excluding hydrogens is 639 g/mol. The highest BCUT2D eigenvalue weighted by Gasteiger charge is 2.25. The maximum atomic E-state index is 2.49. The van der Waals surface area contributed by atoms with Gasteiger partial charge in [0.05, 0.1) is 0 Å². The largest absolute Gasteiger partial charge is 0.310 e. The molecule has 0 saturated carbocycles. The highest BCUT2D eigenvalue weighted by molar-refractivity contribution is 5.83. The van der Waals surface area contributed by atoms with Gasteiger partial charge < -0.3 is 4.90 Å². The summed E-state index contributed by atoms with van der Waals surface area (Å²) in [5.41, 5.74) is 13.7. The van der Waals surface area contributed by atoms with Crippen LogP contribution in [0.5, 0.6) is 0 Å². The number of anilines is 3. The number of rotatable bonds is 14. The van der Waals surface area contributed by atoms with Gasteiger partial charge in [0.15, 0.2) is 0 Å². The number of unbranched alkanes of at least 4 members (excludes halogenated alkanes) is 1. The molecule has 0 radical (unpaired) electrons. The minimum atomic E-state index is 0.458. The highest BCUT2D eigenvalue weighted by Crippen LogP contribution is 2.41. The van der Waals surface area contributed by atoms with Crippen LogP contribution >= 0.6 is 0 Å². The van der Waals surface area contributed by atoms with Crippen molar-refractivity contribution in [2.75, 3.05) is 4.90 Å². The summed E-state index contributed by atoms with van der Waals surface area (Å²) in [6.45, 7) is 6.93. The molecule has 3 atom stereocenters. The molecule has 1 heteroatoms. The van der Waals surface area contributed by atoms with Gasteiger partial charge in [-0.3, -0.25) is 0 Å². The van der Waals surface area contributed by atoms with Crippen molar-refractivity contribution in [1.82, 2.24) is 0 Å². The summed E-state index contributed by atoms with van der Waals surface area (Å²) in [7, 11) is 0. The lowest BCUT2D eigenvalue weighted by Crippen LogP contribution is -2.19. The van der Waals surface area contributed by atoms with E-state index in [0.717, 1.165) is 23.7 Å². The summed E-state index contributed by atoms with van der Waals surface area (Å²) in [6.07, 6.45) is 17.0. The second kappa shape index (κ2) is 17.4. The molecule has 0 amide bonds. The molecule has 0 N–H and O–H groups in total. The SMILES string of the molecule is CCCCC(CC)CC1C=CC=CC1Cc1cc(N(c2ccc(-c3ccccc3)cc2)c2ccc(-c3ccccc3)c(C)c2)ccc1-c1ccccc1. The molecule has 0 aromatic heterocycles. The van der Waals surface area contributed by atoms with Crippen molar-refractivity contribution in [3.63, 3.8) is 0 Å². The molecule has 1 aliphatic carbocycles. The Bertz CT molecular complexity index is 2110. The van der Waals surface area contributed by atoms with E-state index < -0.39 is 0 Å². The van der Waals surface area contributed by atoms with Gasteiger partial charge in [0, 0.05) is 17.1 Å². The first kappa shape index (κ1) is 36.0. The summed E-state index contributed by atoms with van der Waals surface area (Å²) in [4.78, 5) is 2.45. The first-order valence-electron chi connectivity index (χ1n) is 19.8. The fraction of sp³-hybridized carbons (Fsp3) is 0.231. The van der Waals surface area contributed by atoms with Gasteiger partial charge in [0.1, 0.15) is 0 Å². The standard InChI is InChI=1S/C52H53N/c1-4-6-18-40(5-2)36-45-25-16-17-26-46(45)37-47-38-50(32-34-52(47)44-23-14-9-15-24-44)53(48-29-27-42(28-30-48)41-19-10-7-11-20-41)49-31-33-51(39(3)35-49)43-21-12-8-13-22-43/h7-17,19-35,38,40,45-46H,4-6,18,36-37H2,1-3H3. The fourth-order valence-electron chi connectivity index (χ4n) is 8.19. The molecule has 3 unspecified atom stereocenters. The van der Waals surface area contributed by atoms with Gasteiger partial charge in [0.25, 0.3) is 0 Å². The van der Waals surface area contributed by atoms with E-state index in [1.807, 2.05) is 0 Å². The van der Waals surface area contributed by atoms with Crippen molar-refractivity contribution >= 4 is 17.1 Å². The predicted octanol–water partition coefficient (Wildman–Crippen LogP) is 15.0. The Kier molecular flexibility index (Phi) is 11.8. The molecule has 53 heavy (non-hydrogen) atoms. The maximum absolute atomic E-state index is 2.49. The molecular formula is C52H53N. The van der Waals surface area contributed by atoms with Crippen LogP contribution in [0.2, 0.25) is 0 Å². The van der Waals surface area contributed by atoms with Gasteiger partial charge in [-0.2, -0.15) is 0 Å². The van der Waals surface area contributed by atoms with Crippen LogP contribution in [0.3, 0.4) is 0 Å². The number of benzene rings is 6. The summed E-state index contributed by atoms with van der Waals surface area (Å²) in [5, 5.41) is 0. The van der Waals surface area contributed by atoms with Crippen LogP contribution in [-0.2, 0) is 6.42 Å². The number of hydrogen-bond acceptors (Lipinski definition) is 1. The molecule has 6 aromatic rings. The minimum absolute atomic E-state index is 0.458. The summed E-state index contributed by atoms with van der Waals surface area (Å²) in [5.74, 6) is 1.78. The third-order valence-corrected chi connectivity index (χ3v) is 11.2. The zero-order chi connectivity index (χ0) is 36.4. The van der Waals surface area contributed by atoms with Crippen LogP contribution in [-0.4, -0.2) is 0 Å². The number of hydrogen-bond donors (Lipinski definition) is 0. The first-order valence-corrected chi connectivity index (χ1v) is 19.8. The summed E-state index contributed by atoms with van der Waals surface area (Å²) < 4.78 is 0. The number of aryl methyl sites for hydroxylation is 1. The molecule has 0 bridgehead atoms. The molecule has 266 valence electrons. The molecule has 0 aliphatic heterocycles. The maximum Gasteiger partial charge on any atom is 0.0464 e. The van der Waals surface area contributed by atoms with Crippen molar-refractivity contribution in [3.05, 3.63) is 187 Å². The second-order valence-electron chi connectivity index (χ2n) is 14.8. The Balaban J connectivity index is 1.31. The zero-order valence-corrected chi connectivity index (χ0v) is 31.7. The lowest BCUT2D eigenvalue weighted by molar-refractivity contribution is 0.324. The van der Waals surface area contributed by atoms with E-state index in [9.17, 15) is 0 Å². The molecule has 6 aromatic carbocycles. The Morgan fingerprint density at radius 3 is 1.66 bits per heavy atom. The molecule has 0 heterocycles. The third kappa shape index (κ3) is 8.64. The highest BCUT2D eigenvalue weighted by atomic mass is 15.1. The van der Waals surface area contributed by atoms with E-state index in [2.05, 4.69) is 202 Å². The smallest absolute Gasteiger partial charge is 0.0464 e. The Morgan fingerprint density at radius 1 is 0.528 bits per heavy atom. The molecule has 1 nitrogen and oxygen atoms in total. The summed E-state index contributed by atoms with van der Waals surface area (Å²) in [6, 6.07) is 55.5. The van der Waals surface area contributed by atoms with Crippen LogP contribution < -0.4 is 4.90 Å². The van der Waals surface area contributed by atoms with Crippen LogP contribution in [0.1, 0.15) is 57.1 Å². The lowest BCUT2D eigenvalue weighted by Gasteiger charge is -2.30. The predicted molar refractivity (Wildman–Crippen MR) is 229 cm³/mol. The minimum Gasteiger partial charge on any atom is -0.310 e. The van der Waals surface area contributed by atoms with Gasteiger partial charge in [-0.15, -0.1) is 0 Å². The summed E-state index contributed by atoms with van der Waals surface area (Å²) >= 11 is 0. The molecule has 1 aliphatic rings. The van der Waals surface area contributed by atoms with E-state index in [0.29, 0.717) is 11.8 Å². The average molecular weight is 692 g/mol. The van der Waals surface area contributed by atoms with Crippen molar-refractivity contribution in [1.29, 1.82) is 0 Å². The third-order valence-electron chi connectivity index (χ3n) is 11.2. The molecule has 0 saturated heterocycles. The van der Waals surface area contributed by atoms with E-state index >= 15 is 0 Å². The molecule has 7 rings (SSSR count). The topological polar surface area (TPSA) is 3.24 Å². The monoisotopic (exact) mass is 691 g/mol. The number of nitrogens with zero attached hydrogens (tertiary/aromatic N) is 1. The van der Waals surface area contributed by atoms with Crippen LogP contribution in [0.15, 0.2) is 176 Å². The lowest BCUT2D eigenvalue weighted by atomic mass is 9.76. The van der Waals surface area contributed by atoms with Gasteiger partial charge in [-0.25, -0.2) is 0 Å². The zero-order valence-electron chi connectivity index (χ0n) is 31.7. The Labute approximate surface area is 318 Å². The van der Waals surface area contributed by atoms with Crippen LogP contribution in [0.4, 0.5) is 17.1 Å². The second-order valence-corrected chi connectivity index (χ2v) is 14.8. The quantitative estimate of drug-likeness (QED) is 0.110. The van der Waals surface area contributed by atoms with E-state index in [4.69, 9.17) is 0 Å². The van der Waals surface area contributed by atoms with Crippen molar-refractivity contribution < 1.29 is 0 Å². The van der Waals surface area contributed by atoms with Crippen molar-refractivity contribution in [3.8, 4) is 33.4 Å².